The second-order valence-electron chi connectivity index (χ2n) is 4.79. The van der Waals surface area contributed by atoms with Crippen LogP contribution < -0.4 is 14.8 Å². The molecule has 0 bridgehead atoms. The molecule has 0 aromatic heterocycles. The monoisotopic (exact) mass is 299 g/mol. The molecule has 0 saturated heterocycles. The number of carbonyl (C=O) groups excluding carboxylic acids is 1. The number of aryl methyl sites for hydroxylation is 1. The maximum atomic E-state index is 12.5. The van der Waals surface area contributed by atoms with E-state index in [1.165, 1.54) is 0 Å². The lowest BCUT2D eigenvalue weighted by molar-refractivity contribution is 0.102. The largest absolute Gasteiger partial charge is 0.494 e. The Balaban J connectivity index is 2.26. The first-order chi connectivity index (χ1) is 10.7. The average Bonchev–Trinajstić information content (AvgIpc) is 2.50. The molecule has 2 aromatic carbocycles. The number of hydrogen-bond donors (Lipinski definition) is 1. The highest BCUT2D eigenvalue weighted by Crippen LogP contribution is 2.26. The van der Waals surface area contributed by atoms with Gasteiger partial charge in [0.1, 0.15) is 11.5 Å². The third-order valence-corrected chi connectivity index (χ3v) is 3.20. The molecule has 0 spiro atoms. The third-order valence-electron chi connectivity index (χ3n) is 3.20. The maximum absolute atomic E-state index is 12.5. The minimum Gasteiger partial charge on any atom is -0.494 e. The fourth-order valence-electron chi connectivity index (χ4n) is 2.12. The van der Waals surface area contributed by atoms with E-state index in [0.717, 1.165) is 11.3 Å². The van der Waals surface area contributed by atoms with Crippen molar-refractivity contribution in [2.24, 2.45) is 0 Å². The van der Waals surface area contributed by atoms with Crippen LogP contribution in [-0.2, 0) is 0 Å². The van der Waals surface area contributed by atoms with Crippen molar-refractivity contribution in [1.82, 2.24) is 0 Å². The lowest BCUT2D eigenvalue weighted by Crippen LogP contribution is -2.14. The van der Waals surface area contributed by atoms with Crippen LogP contribution in [0, 0.1) is 6.92 Å². The van der Waals surface area contributed by atoms with Gasteiger partial charge in [-0.15, -0.1) is 0 Å². The Bertz CT molecular complexity index is 653. The minimum absolute atomic E-state index is 0.194. The van der Waals surface area contributed by atoms with E-state index in [2.05, 4.69) is 5.32 Å². The minimum atomic E-state index is -0.194. The average molecular weight is 299 g/mol. The van der Waals surface area contributed by atoms with Crippen LogP contribution in [0.4, 0.5) is 5.69 Å². The number of para-hydroxylation sites is 1. The molecule has 4 heteroatoms. The van der Waals surface area contributed by atoms with Gasteiger partial charge in [0, 0.05) is 11.8 Å². The first-order valence-electron chi connectivity index (χ1n) is 7.42. The van der Waals surface area contributed by atoms with Gasteiger partial charge in [-0.1, -0.05) is 18.2 Å². The van der Waals surface area contributed by atoms with Gasteiger partial charge in [-0.25, -0.2) is 0 Å². The van der Waals surface area contributed by atoms with Crippen LogP contribution in [0.5, 0.6) is 11.5 Å². The van der Waals surface area contributed by atoms with Gasteiger partial charge < -0.3 is 14.8 Å². The van der Waals surface area contributed by atoms with Crippen LogP contribution >= 0.6 is 0 Å². The summed E-state index contributed by atoms with van der Waals surface area (Å²) >= 11 is 0. The second-order valence-corrected chi connectivity index (χ2v) is 4.79. The molecule has 0 fully saturated rings. The summed E-state index contributed by atoms with van der Waals surface area (Å²) in [4.78, 5) is 12.5. The molecule has 0 heterocycles. The van der Waals surface area contributed by atoms with Gasteiger partial charge in [0.2, 0.25) is 0 Å². The number of rotatable bonds is 6. The van der Waals surface area contributed by atoms with E-state index < -0.39 is 0 Å². The number of nitrogens with one attached hydrogen (secondary N) is 1. The van der Waals surface area contributed by atoms with E-state index in [9.17, 15) is 4.79 Å². The van der Waals surface area contributed by atoms with Crippen molar-refractivity contribution in [2.75, 3.05) is 18.5 Å². The predicted octanol–water partition coefficient (Wildman–Crippen LogP) is 4.04. The molecule has 116 valence electrons. The van der Waals surface area contributed by atoms with E-state index in [-0.39, 0.29) is 5.91 Å². The summed E-state index contributed by atoms with van der Waals surface area (Å²) in [5, 5.41) is 2.92. The Morgan fingerprint density at radius 3 is 2.45 bits per heavy atom. The zero-order valence-corrected chi connectivity index (χ0v) is 13.2. The van der Waals surface area contributed by atoms with Crippen LogP contribution in [0.2, 0.25) is 0 Å². The molecule has 0 radical (unpaired) electrons. The van der Waals surface area contributed by atoms with Gasteiger partial charge >= 0.3 is 0 Å². The lowest BCUT2D eigenvalue weighted by Gasteiger charge is -2.13. The van der Waals surface area contributed by atoms with Crippen LogP contribution in [-0.4, -0.2) is 19.1 Å². The van der Waals surface area contributed by atoms with Crippen molar-refractivity contribution in [3.63, 3.8) is 0 Å². The molecule has 2 aromatic rings. The molecule has 1 N–H and O–H groups in total. The Hall–Kier alpha value is -2.49. The number of carbonyl (C=O) groups is 1. The molecule has 2 rings (SSSR count). The number of amides is 1. The van der Waals surface area contributed by atoms with Gasteiger partial charge in [0.25, 0.3) is 5.91 Å². The first-order valence-corrected chi connectivity index (χ1v) is 7.42. The number of ether oxygens (including phenoxy) is 2. The third kappa shape index (κ3) is 3.79. The Labute approximate surface area is 131 Å². The summed E-state index contributed by atoms with van der Waals surface area (Å²) in [6.45, 7) is 6.81. The van der Waals surface area contributed by atoms with E-state index in [4.69, 9.17) is 9.47 Å². The Morgan fingerprint density at radius 2 is 1.77 bits per heavy atom. The second kappa shape index (κ2) is 7.50. The highest BCUT2D eigenvalue weighted by atomic mass is 16.5. The molecule has 0 aliphatic rings. The van der Waals surface area contributed by atoms with Crippen molar-refractivity contribution >= 4 is 11.6 Å². The normalized spacial score (nSPS) is 10.1. The summed E-state index contributed by atoms with van der Waals surface area (Å²) in [5.41, 5.74) is 2.30. The number of anilines is 1. The molecule has 0 atom stereocenters. The summed E-state index contributed by atoms with van der Waals surface area (Å²) in [6, 6.07) is 12.9. The number of hydrogen-bond acceptors (Lipinski definition) is 3. The van der Waals surface area contributed by atoms with Crippen molar-refractivity contribution in [3.8, 4) is 11.5 Å². The Kier molecular flexibility index (Phi) is 5.42. The predicted molar refractivity (Wildman–Crippen MR) is 87.9 cm³/mol. The molecule has 0 aliphatic heterocycles. The van der Waals surface area contributed by atoms with E-state index in [1.54, 1.807) is 18.2 Å². The van der Waals surface area contributed by atoms with Crippen molar-refractivity contribution in [3.05, 3.63) is 53.6 Å². The van der Waals surface area contributed by atoms with Crippen LogP contribution in [0.15, 0.2) is 42.5 Å². The molecule has 4 nitrogen and oxygen atoms in total. The zero-order valence-electron chi connectivity index (χ0n) is 13.2. The van der Waals surface area contributed by atoms with Crippen molar-refractivity contribution in [1.29, 1.82) is 0 Å². The van der Waals surface area contributed by atoms with E-state index in [1.807, 2.05) is 45.0 Å². The number of benzene rings is 2. The highest BCUT2D eigenvalue weighted by molar-refractivity contribution is 6.06. The molecular weight excluding hydrogens is 278 g/mol. The fraction of sp³-hybridized carbons (Fsp3) is 0.278. The standard InChI is InChI=1S/C18H21NO3/c1-4-21-14-10-11-15(17(12-14)22-5-2)18(20)19-16-9-7-6-8-13(16)3/h6-12H,4-5H2,1-3H3,(H,19,20). The Morgan fingerprint density at radius 1 is 1.05 bits per heavy atom. The van der Waals surface area contributed by atoms with Crippen LogP contribution in [0.25, 0.3) is 0 Å². The fourth-order valence-corrected chi connectivity index (χ4v) is 2.12. The molecule has 0 saturated carbocycles. The molecule has 22 heavy (non-hydrogen) atoms. The zero-order chi connectivity index (χ0) is 15.9. The molecule has 0 aliphatic carbocycles. The summed E-state index contributed by atoms with van der Waals surface area (Å²) in [5.74, 6) is 1.03. The van der Waals surface area contributed by atoms with E-state index >= 15 is 0 Å². The van der Waals surface area contributed by atoms with Gasteiger partial charge in [0.05, 0.1) is 18.8 Å². The molecule has 0 unspecified atom stereocenters. The first kappa shape index (κ1) is 15.9. The summed E-state index contributed by atoms with van der Waals surface area (Å²) in [7, 11) is 0. The summed E-state index contributed by atoms with van der Waals surface area (Å²) < 4.78 is 11.0. The van der Waals surface area contributed by atoms with Gasteiger partial charge in [0.15, 0.2) is 0 Å². The lowest BCUT2D eigenvalue weighted by atomic mass is 10.1. The quantitative estimate of drug-likeness (QED) is 0.875. The molecular formula is C18H21NO3. The highest BCUT2D eigenvalue weighted by Gasteiger charge is 2.14. The SMILES string of the molecule is CCOc1ccc(C(=O)Nc2ccccc2C)c(OCC)c1. The van der Waals surface area contributed by atoms with Crippen molar-refractivity contribution in [2.45, 2.75) is 20.8 Å². The summed E-state index contributed by atoms with van der Waals surface area (Å²) in [6.07, 6.45) is 0. The van der Waals surface area contributed by atoms with E-state index in [0.29, 0.717) is 30.3 Å². The van der Waals surface area contributed by atoms with Crippen LogP contribution in [0.1, 0.15) is 29.8 Å². The van der Waals surface area contributed by atoms with Gasteiger partial charge in [-0.3, -0.25) is 4.79 Å². The van der Waals surface area contributed by atoms with Gasteiger partial charge in [-0.05, 0) is 44.5 Å². The van der Waals surface area contributed by atoms with Crippen molar-refractivity contribution < 1.29 is 14.3 Å². The smallest absolute Gasteiger partial charge is 0.259 e. The topological polar surface area (TPSA) is 47.6 Å². The maximum Gasteiger partial charge on any atom is 0.259 e. The molecule has 1 amide bonds. The van der Waals surface area contributed by atoms with Gasteiger partial charge in [-0.2, -0.15) is 0 Å². The van der Waals surface area contributed by atoms with Crippen LogP contribution in [0.3, 0.4) is 0 Å².